The van der Waals surface area contributed by atoms with Gasteiger partial charge in [0.15, 0.2) is 0 Å². The second-order valence-corrected chi connectivity index (χ2v) is 18.1. The number of likely N-dealkylation sites (tertiary alicyclic amines) is 3. The average Bonchev–Trinajstić information content (AvgIpc) is 3.85. The summed E-state index contributed by atoms with van der Waals surface area (Å²) >= 11 is 0. The van der Waals surface area contributed by atoms with Gasteiger partial charge in [0.2, 0.25) is 17.7 Å². The maximum Gasteiger partial charge on any atom is 0.329 e. The number of benzene rings is 1. The lowest BCUT2D eigenvalue weighted by molar-refractivity contribution is -0.160. The second kappa shape index (κ2) is 21.5. The topological polar surface area (TPSA) is 102 Å². The minimum atomic E-state index is -0.681. The van der Waals surface area contributed by atoms with Crippen molar-refractivity contribution in [3.63, 3.8) is 0 Å². The molecule has 1 aromatic carbocycles. The number of esters is 1. The molecule has 3 saturated heterocycles. The predicted molar refractivity (Wildman–Crippen MR) is 220 cm³/mol. The quantitative estimate of drug-likeness (QED) is 0.116. The Hall–Kier alpha value is -2.98. The third-order valence-corrected chi connectivity index (χ3v) is 12.5. The summed E-state index contributed by atoms with van der Waals surface area (Å²) in [4.78, 5) is 64.1. The Labute approximate surface area is 333 Å². The van der Waals surface area contributed by atoms with Crippen LogP contribution in [0.2, 0.25) is 0 Å². The normalized spacial score (nSPS) is 22.7. The fourth-order valence-corrected chi connectivity index (χ4v) is 8.94. The number of piperidine rings is 1. The number of ether oxygens (including phenoxy) is 1. The van der Waals surface area contributed by atoms with Gasteiger partial charge in [-0.25, -0.2) is 4.79 Å². The molecule has 1 aromatic rings. The van der Waals surface area contributed by atoms with Crippen LogP contribution in [0.15, 0.2) is 30.3 Å². The van der Waals surface area contributed by atoms with Gasteiger partial charge in [-0.15, -0.1) is 0 Å². The number of carbonyl (C=O) groups is 4. The van der Waals surface area contributed by atoms with Gasteiger partial charge in [0.1, 0.15) is 18.2 Å². The Morgan fingerprint density at radius 1 is 0.836 bits per heavy atom. The van der Waals surface area contributed by atoms with Crippen molar-refractivity contribution in [1.29, 1.82) is 0 Å². The lowest BCUT2D eigenvalue weighted by atomic mass is 9.84. The first kappa shape index (κ1) is 44.7. The van der Waals surface area contributed by atoms with Gasteiger partial charge in [0.25, 0.3) is 0 Å². The zero-order valence-corrected chi connectivity index (χ0v) is 35.7. The summed E-state index contributed by atoms with van der Waals surface area (Å²) in [5.41, 5.74) is 0.516. The molecule has 1 N–H and O–H groups in total. The molecule has 3 fully saturated rings. The van der Waals surface area contributed by atoms with E-state index >= 15 is 0 Å². The van der Waals surface area contributed by atoms with Crippen LogP contribution in [0.4, 0.5) is 0 Å². The van der Waals surface area contributed by atoms with Crippen molar-refractivity contribution in [2.24, 2.45) is 11.3 Å². The van der Waals surface area contributed by atoms with Crippen molar-refractivity contribution in [1.82, 2.24) is 24.9 Å². The Kier molecular flexibility index (Phi) is 17.5. The van der Waals surface area contributed by atoms with E-state index in [4.69, 9.17) is 4.74 Å². The molecule has 10 nitrogen and oxygen atoms in total. The van der Waals surface area contributed by atoms with E-state index in [1.165, 1.54) is 32.1 Å². The third kappa shape index (κ3) is 12.5. The standard InChI is InChI=1S/C45H75N5O5/c1-9-10-11-12-13-14-18-28-39(34-23-16-15-17-24-34)55-44(54)37-27-22-31-50(37)42(52)36-26-21-30-49(36)32-38(33(2)3)48(8)43(53)40(45(4,5)6)46-41(51)35-25-19-20-29-47(35)7/h15-17,23-24,33,35-40H,9-14,18-22,25-32H2,1-8H3,(H,46,51)/t35-,36+,37?,38-,39?,40-/m1/s1. The van der Waals surface area contributed by atoms with E-state index in [1.54, 1.807) is 4.90 Å². The molecule has 0 saturated carbocycles. The maximum absolute atomic E-state index is 14.4. The van der Waals surface area contributed by atoms with E-state index in [2.05, 4.69) is 35.9 Å². The molecule has 2 unspecified atom stereocenters. The number of hydrogen-bond donors (Lipinski definition) is 1. The van der Waals surface area contributed by atoms with E-state index in [0.717, 1.165) is 76.4 Å². The van der Waals surface area contributed by atoms with Gasteiger partial charge in [0.05, 0.1) is 12.1 Å². The molecule has 3 heterocycles. The minimum absolute atomic E-state index is 0.00629. The molecular formula is C45H75N5O5. The number of rotatable bonds is 19. The average molecular weight is 766 g/mol. The Morgan fingerprint density at radius 2 is 1.47 bits per heavy atom. The van der Waals surface area contributed by atoms with E-state index in [9.17, 15) is 19.2 Å². The molecular weight excluding hydrogens is 691 g/mol. The van der Waals surface area contributed by atoms with Gasteiger partial charge in [0, 0.05) is 26.2 Å². The molecule has 3 aliphatic heterocycles. The number of amides is 3. The van der Waals surface area contributed by atoms with Crippen LogP contribution < -0.4 is 5.32 Å². The molecule has 0 aromatic heterocycles. The number of nitrogens with zero attached hydrogens (tertiary/aromatic N) is 4. The molecule has 3 aliphatic rings. The first-order valence-corrected chi connectivity index (χ1v) is 21.8. The number of carbonyl (C=O) groups excluding carboxylic acids is 4. The van der Waals surface area contributed by atoms with E-state index in [0.29, 0.717) is 19.5 Å². The van der Waals surface area contributed by atoms with Crippen LogP contribution in [0.1, 0.15) is 150 Å². The molecule has 3 amide bonds. The van der Waals surface area contributed by atoms with Crippen LogP contribution in [0.25, 0.3) is 0 Å². The van der Waals surface area contributed by atoms with Crippen molar-refractivity contribution in [2.45, 2.75) is 174 Å². The highest BCUT2D eigenvalue weighted by molar-refractivity contribution is 5.91. The number of likely N-dealkylation sites (N-methyl/N-ethyl adjacent to an activating group) is 2. The summed E-state index contributed by atoms with van der Waals surface area (Å²) in [6, 6.07) is 8.02. The number of nitrogens with one attached hydrogen (secondary N) is 1. The van der Waals surface area contributed by atoms with Gasteiger partial charge >= 0.3 is 5.97 Å². The van der Waals surface area contributed by atoms with Gasteiger partial charge in [-0.05, 0) is 88.4 Å². The van der Waals surface area contributed by atoms with Crippen LogP contribution in [0, 0.1) is 11.3 Å². The van der Waals surface area contributed by atoms with Gasteiger partial charge < -0.3 is 19.9 Å². The molecule has 0 aliphatic carbocycles. The zero-order valence-electron chi connectivity index (χ0n) is 35.7. The first-order valence-electron chi connectivity index (χ1n) is 21.8. The number of unbranched alkanes of at least 4 members (excludes halogenated alkanes) is 6. The molecule has 55 heavy (non-hydrogen) atoms. The van der Waals surface area contributed by atoms with Gasteiger partial charge in [-0.3, -0.25) is 24.2 Å². The monoisotopic (exact) mass is 766 g/mol. The Morgan fingerprint density at radius 3 is 2.13 bits per heavy atom. The zero-order chi connectivity index (χ0) is 40.1. The summed E-state index contributed by atoms with van der Waals surface area (Å²) in [6.07, 6.45) is 14.7. The highest BCUT2D eigenvalue weighted by atomic mass is 16.5. The second-order valence-electron chi connectivity index (χ2n) is 18.1. The summed E-state index contributed by atoms with van der Waals surface area (Å²) < 4.78 is 6.29. The third-order valence-electron chi connectivity index (χ3n) is 12.5. The first-order chi connectivity index (χ1) is 26.2. The van der Waals surface area contributed by atoms with Crippen molar-refractivity contribution in [2.75, 3.05) is 40.3 Å². The van der Waals surface area contributed by atoms with Gasteiger partial charge in [-0.2, -0.15) is 0 Å². The van der Waals surface area contributed by atoms with Crippen LogP contribution in [-0.2, 0) is 23.9 Å². The Bertz CT molecular complexity index is 1360. The molecule has 4 rings (SSSR count). The highest BCUT2D eigenvalue weighted by Gasteiger charge is 2.44. The molecule has 0 bridgehead atoms. The summed E-state index contributed by atoms with van der Waals surface area (Å²) in [5, 5.41) is 3.16. The van der Waals surface area contributed by atoms with Crippen molar-refractivity contribution < 1.29 is 23.9 Å². The molecule has 0 spiro atoms. The summed E-state index contributed by atoms with van der Waals surface area (Å²) in [6.45, 7) is 15.2. The van der Waals surface area contributed by atoms with Crippen LogP contribution in [0.5, 0.6) is 0 Å². The minimum Gasteiger partial charge on any atom is -0.456 e. The molecule has 0 radical (unpaired) electrons. The van der Waals surface area contributed by atoms with E-state index < -0.39 is 17.5 Å². The van der Waals surface area contributed by atoms with Crippen LogP contribution >= 0.6 is 0 Å². The predicted octanol–water partition coefficient (Wildman–Crippen LogP) is 7.37. The van der Waals surface area contributed by atoms with Crippen LogP contribution in [-0.4, -0.2) is 114 Å². The molecule has 10 heteroatoms. The maximum atomic E-state index is 14.4. The van der Waals surface area contributed by atoms with Crippen molar-refractivity contribution in [3.8, 4) is 0 Å². The van der Waals surface area contributed by atoms with Crippen molar-refractivity contribution >= 4 is 23.7 Å². The number of hydrogen-bond acceptors (Lipinski definition) is 7. The smallest absolute Gasteiger partial charge is 0.329 e. The fourth-order valence-electron chi connectivity index (χ4n) is 8.94. The van der Waals surface area contributed by atoms with Gasteiger partial charge in [-0.1, -0.05) is 117 Å². The lowest BCUT2D eigenvalue weighted by Gasteiger charge is -2.41. The van der Waals surface area contributed by atoms with E-state index in [1.807, 2.05) is 70.1 Å². The largest absolute Gasteiger partial charge is 0.456 e. The lowest BCUT2D eigenvalue weighted by Crippen LogP contribution is -2.61. The SMILES string of the molecule is CCCCCCCCCC(OC(=O)C1CCCN1C(=O)[C@@H]1CCCN1C[C@H](C(C)C)N(C)C(=O)[C@@H](NC(=O)[C@H]1CCCCN1C)C(C)(C)C)c1ccccc1. The molecule has 6 atom stereocenters. The van der Waals surface area contributed by atoms with Crippen LogP contribution in [0.3, 0.4) is 0 Å². The highest BCUT2D eigenvalue weighted by Crippen LogP contribution is 2.31. The van der Waals surface area contributed by atoms with Crippen molar-refractivity contribution in [3.05, 3.63) is 35.9 Å². The van der Waals surface area contributed by atoms with E-state index in [-0.39, 0.29) is 53.8 Å². The summed E-state index contributed by atoms with van der Waals surface area (Å²) in [7, 11) is 3.83. The summed E-state index contributed by atoms with van der Waals surface area (Å²) in [5.74, 6) is -0.374. The Balaban J connectivity index is 1.41. The molecule has 310 valence electrons. The fraction of sp³-hybridized carbons (Fsp3) is 0.778.